The summed E-state index contributed by atoms with van der Waals surface area (Å²) in [5.74, 6) is 0.896. The molecule has 0 amide bonds. The molecule has 9 atom stereocenters. The van der Waals surface area contributed by atoms with Crippen LogP contribution in [-0.2, 0) is 14.3 Å². The predicted molar refractivity (Wildman–Crippen MR) is 101 cm³/mol. The van der Waals surface area contributed by atoms with Gasteiger partial charge >= 0.3 is 5.97 Å². The van der Waals surface area contributed by atoms with Crippen LogP contribution in [0.3, 0.4) is 0 Å². The first kappa shape index (κ1) is 20.1. The lowest BCUT2D eigenvalue weighted by Gasteiger charge is -2.44. The normalized spacial score (nSPS) is 51.2. The smallest absolute Gasteiger partial charge is 0.302 e. The van der Waals surface area contributed by atoms with Crippen molar-refractivity contribution in [3.05, 3.63) is 0 Å². The van der Waals surface area contributed by atoms with E-state index in [1.54, 1.807) is 0 Å². The fourth-order valence-corrected chi connectivity index (χ4v) is 7.03. The fraction of sp³-hybridized carbons (Fsp3) is 0.955. The Morgan fingerprint density at radius 1 is 1.27 bits per heavy atom. The zero-order valence-corrected chi connectivity index (χ0v) is 17.7. The predicted octanol–water partition coefficient (Wildman–Crippen LogP) is 4.40. The first-order valence-corrected chi connectivity index (χ1v) is 10.5. The lowest BCUT2D eigenvalue weighted by atomic mass is 9.59. The van der Waals surface area contributed by atoms with Crippen LogP contribution < -0.4 is 0 Å². The van der Waals surface area contributed by atoms with Crippen molar-refractivity contribution in [2.45, 2.75) is 86.0 Å². The topological polar surface area (TPSA) is 55.8 Å². The van der Waals surface area contributed by atoms with Gasteiger partial charge in [-0.3, -0.25) is 4.79 Å². The highest BCUT2D eigenvalue weighted by Gasteiger charge is 2.75. The molecule has 3 aliphatic rings. The van der Waals surface area contributed by atoms with E-state index >= 15 is 0 Å². The van der Waals surface area contributed by atoms with Gasteiger partial charge < -0.3 is 14.6 Å². The van der Waals surface area contributed by atoms with E-state index in [9.17, 15) is 9.90 Å². The molecule has 2 saturated carbocycles. The Labute approximate surface area is 159 Å². The molecule has 2 aliphatic carbocycles. The highest BCUT2D eigenvalue weighted by molar-refractivity contribution is 5.65. The van der Waals surface area contributed by atoms with Crippen molar-refractivity contribution in [3.63, 3.8) is 0 Å². The van der Waals surface area contributed by atoms with Crippen LogP contribution in [0.1, 0.15) is 74.1 Å². The summed E-state index contributed by atoms with van der Waals surface area (Å²) in [4.78, 5) is 11.0. The minimum atomic E-state index is -0.977. The van der Waals surface area contributed by atoms with E-state index in [0.29, 0.717) is 30.3 Å². The number of carbonyl (C=O) groups excluding carboxylic acids is 1. The van der Waals surface area contributed by atoms with Gasteiger partial charge in [0, 0.05) is 19.3 Å². The molecule has 3 fully saturated rings. The van der Waals surface area contributed by atoms with Gasteiger partial charge in [-0.05, 0) is 53.8 Å². The summed E-state index contributed by atoms with van der Waals surface area (Å²) < 4.78 is 11.5. The second-order valence-corrected chi connectivity index (χ2v) is 10.2. The van der Waals surface area contributed by atoms with Gasteiger partial charge in [0.1, 0.15) is 0 Å². The Morgan fingerprint density at radius 2 is 1.92 bits per heavy atom. The van der Waals surface area contributed by atoms with Crippen LogP contribution in [0.5, 0.6) is 0 Å². The van der Waals surface area contributed by atoms with Crippen molar-refractivity contribution < 1.29 is 19.4 Å². The van der Waals surface area contributed by atoms with Crippen molar-refractivity contribution in [1.82, 2.24) is 0 Å². The van der Waals surface area contributed by atoms with Crippen molar-refractivity contribution in [1.29, 1.82) is 0 Å². The molecule has 1 heterocycles. The quantitative estimate of drug-likeness (QED) is 0.733. The van der Waals surface area contributed by atoms with Gasteiger partial charge in [-0.15, -0.1) is 0 Å². The summed E-state index contributed by atoms with van der Waals surface area (Å²) >= 11 is 0. The molecule has 0 bridgehead atoms. The minimum Gasteiger partial charge on any atom is -0.466 e. The summed E-state index contributed by atoms with van der Waals surface area (Å²) in [6, 6.07) is 0. The summed E-state index contributed by atoms with van der Waals surface area (Å²) in [6.07, 6.45) is 3.96. The van der Waals surface area contributed by atoms with E-state index in [1.807, 2.05) is 0 Å². The summed E-state index contributed by atoms with van der Waals surface area (Å²) in [6.45, 7) is 15.8. The van der Waals surface area contributed by atoms with E-state index in [0.717, 1.165) is 19.3 Å². The summed E-state index contributed by atoms with van der Waals surface area (Å²) in [5, 5.41) is 11.5. The van der Waals surface area contributed by atoms with Crippen molar-refractivity contribution >= 4 is 5.97 Å². The Balaban J connectivity index is 1.71. The van der Waals surface area contributed by atoms with Crippen LogP contribution in [0.15, 0.2) is 0 Å². The molecule has 26 heavy (non-hydrogen) atoms. The van der Waals surface area contributed by atoms with E-state index in [4.69, 9.17) is 9.47 Å². The van der Waals surface area contributed by atoms with Gasteiger partial charge in [-0.2, -0.15) is 0 Å². The van der Waals surface area contributed by atoms with Gasteiger partial charge in [0.15, 0.2) is 5.79 Å². The molecule has 0 spiro atoms. The SMILES string of the molecule is CC(=O)OC[C@H](C)CC[C@H]1O[C@@]2(O)C[C@@]3(C)C(C)CC(C)[C@]3(C)[C@H]2[C@@H]1C. The molecule has 0 radical (unpaired) electrons. The highest BCUT2D eigenvalue weighted by Crippen LogP contribution is 2.75. The zero-order chi connectivity index (χ0) is 19.5. The largest absolute Gasteiger partial charge is 0.466 e. The summed E-state index contributed by atoms with van der Waals surface area (Å²) in [5.41, 5.74) is 0.270. The number of rotatable bonds is 5. The second-order valence-electron chi connectivity index (χ2n) is 10.2. The zero-order valence-electron chi connectivity index (χ0n) is 17.7. The highest BCUT2D eigenvalue weighted by atomic mass is 16.6. The monoisotopic (exact) mass is 366 g/mol. The third-order valence-electron chi connectivity index (χ3n) is 8.78. The van der Waals surface area contributed by atoms with E-state index < -0.39 is 5.79 Å². The molecule has 4 nitrogen and oxygen atoms in total. The average Bonchev–Trinajstić information content (AvgIpc) is 2.96. The first-order chi connectivity index (χ1) is 12.0. The fourth-order valence-electron chi connectivity index (χ4n) is 7.03. The molecule has 1 N–H and O–H groups in total. The van der Waals surface area contributed by atoms with Crippen LogP contribution in [0.2, 0.25) is 0 Å². The van der Waals surface area contributed by atoms with Crippen LogP contribution >= 0.6 is 0 Å². The molecule has 3 rings (SSSR count). The standard InChI is InChI=1S/C22H38O4/c1-13(11-25-17(5)23)8-9-18-16(4)19-21(7)15(3)10-14(2)20(21,6)12-22(19,24)26-18/h13-16,18-19,24H,8-12H2,1-7H3/t13-,14?,15?,16-,18-,19-,20+,21-,22+/m1/s1. The Bertz CT molecular complexity index is 562. The second kappa shape index (κ2) is 6.48. The molecule has 0 aromatic rings. The molecular weight excluding hydrogens is 328 g/mol. The molecule has 1 aliphatic heterocycles. The number of hydrogen-bond acceptors (Lipinski definition) is 4. The number of esters is 1. The lowest BCUT2D eigenvalue weighted by Crippen LogP contribution is -2.42. The third-order valence-corrected chi connectivity index (χ3v) is 8.78. The van der Waals surface area contributed by atoms with Crippen LogP contribution in [0.25, 0.3) is 0 Å². The molecule has 150 valence electrons. The van der Waals surface area contributed by atoms with Crippen LogP contribution in [-0.4, -0.2) is 29.6 Å². The maximum atomic E-state index is 11.5. The van der Waals surface area contributed by atoms with E-state index in [2.05, 4.69) is 41.5 Å². The number of fused-ring (bicyclic) bond motifs is 3. The molecule has 0 aromatic heterocycles. The van der Waals surface area contributed by atoms with Gasteiger partial charge in [-0.1, -0.05) is 41.5 Å². The molecule has 2 unspecified atom stereocenters. The Kier molecular flexibility index (Phi) is 5.02. The summed E-state index contributed by atoms with van der Waals surface area (Å²) in [7, 11) is 0. The van der Waals surface area contributed by atoms with E-state index in [-0.39, 0.29) is 28.8 Å². The Morgan fingerprint density at radius 3 is 2.54 bits per heavy atom. The molecule has 0 aromatic carbocycles. The van der Waals surface area contributed by atoms with E-state index in [1.165, 1.54) is 13.3 Å². The number of carbonyl (C=O) groups is 1. The molecule has 1 saturated heterocycles. The van der Waals surface area contributed by atoms with Crippen LogP contribution in [0.4, 0.5) is 0 Å². The number of aliphatic hydroxyl groups is 1. The molecular formula is C22H38O4. The van der Waals surface area contributed by atoms with Gasteiger partial charge in [-0.25, -0.2) is 0 Å². The minimum absolute atomic E-state index is 0.0919. The first-order valence-electron chi connectivity index (χ1n) is 10.5. The van der Waals surface area contributed by atoms with Gasteiger partial charge in [0.25, 0.3) is 0 Å². The number of ether oxygens (including phenoxy) is 2. The third kappa shape index (κ3) is 2.74. The van der Waals surface area contributed by atoms with Crippen molar-refractivity contribution in [2.24, 2.45) is 40.4 Å². The van der Waals surface area contributed by atoms with Gasteiger partial charge in [0.05, 0.1) is 12.7 Å². The average molecular weight is 367 g/mol. The lowest BCUT2D eigenvalue weighted by molar-refractivity contribution is -0.212. The van der Waals surface area contributed by atoms with Crippen molar-refractivity contribution in [3.8, 4) is 0 Å². The van der Waals surface area contributed by atoms with Crippen LogP contribution in [0, 0.1) is 40.4 Å². The maximum absolute atomic E-state index is 11.5. The van der Waals surface area contributed by atoms with Gasteiger partial charge in [0.2, 0.25) is 0 Å². The molecule has 4 heteroatoms. The number of hydrogen-bond donors (Lipinski definition) is 1. The Hall–Kier alpha value is -0.610. The van der Waals surface area contributed by atoms with Crippen molar-refractivity contribution in [2.75, 3.05) is 6.61 Å². The maximum Gasteiger partial charge on any atom is 0.302 e.